The monoisotopic (exact) mass is 277 g/mol. The van der Waals surface area contributed by atoms with Crippen LogP contribution in [0.5, 0.6) is 0 Å². The zero-order chi connectivity index (χ0) is 14.6. The van der Waals surface area contributed by atoms with Gasteiger partial charge in [0.2, 0.25) is 0 Å². The Kier molecular flexibility index (Phi) is 4.36. The van der Waals surface area contributed by atoms with Crippen LogP contribution in [0.3, 0.4) is 0 Å². The highest BCUT2D eigenvalue weighted by atomic mass is 19.4. The number of halogens is 3. The second kappa shape index (κ2) is 5.59. The molecule has 1 aromatic rings. The van der Waals surface area contributed by atoms with Crippen LogP contribution in [0.15, 0.2) is 18.2 Å². The molecule has 0 fully saturated rings. The highest BCUT2D eigenvalue weighted by Crippen LogP contribution is 2.18. The number of carboxylic acids is 1. The Bertz CT molecular complexity index is 499. The maximum Gasteiger partial charge on any atom is 0.422 e. The lowest BCUT2D eigenvalue weighted by Gasteiger charge is -2.11. The van der Waals surface area contributed by atoms with Gasteiger partial charge in [-0.25, -0.2) is 9.59 Å². The van der Waals surface area contributed by atoms with Gasteiger partial charge in [-0.05, 0) is 30.7 Å². The number of ether oxygens (including phenoxy) is 1. The summed E-state index contributed by atoms with van der Waals surface area (Å²) in [6, 6.07) is 3.77. The molecule has 5 nitrogen and oxygen atoms in total. The van der Waals surface area contributed by atoms with Gasteiger partial charge in [-0.2, -0.15) is 13.2 Å². The van der Waals surface area contributed by atoms with Gasteiger partial charge in [-0.1, -0.05) is 0 Å². The normalized spacial score (nSPS) is 10.9. The van der Waals surface area contributed by atoms with Crippen molar-refractivity contribution in [3.8, 4) is 0 Å². The Balaban J connectivity index is 2.67. The number of hydrogen-bond donors (Lipinski definition) is 2. The highest BCUT2D eigenvalue weighted by molar-refractivity contribution is 5.90. The van der Waals surface area contributed by atoms with E-state index in [2.05, 4.69) is 10.1 Å². The van der Waals surface area contributed by atoms with E-state index < -0.39 is 24.8 Å². The number of alkyl halides is 3. The van der Waals surface area contributed by atoms with Gasteiger partial charge in [0.1, 0.15) is 0 Å². The number of nitrogens with one attached hydrogen (secondary N) is 1. The first-order valence-electron chi connectivity index (χ1n) is 5.03. The van der Waals surface area contributed by atoms with E-state index in [4.69, 9.17) is 5.11 Å². The molecule has 1 aromatic carbocycles. The number of aryl methyl sites for hydroxylation is 1. The topological polar surface area (TPSA) is 75.6 Å². The maximum atomic E-state index is 11.8. The smallest absolute Gasteiger partial charge is 0.422 e. The Labute approximate surface area is 106 Å². The summed E-state index contributed by atoms with van der Waals surface area (Å²) >= 11 is 0. The van der Waals surface area contributed by atoms with Gasteiger partial charge in [0.25, 0.3) is 0 Å². The van der Waals surface area contributed by atoms with Crippen molar-refractivity contribution < 1.29 is 32.6 Å². The fourth-order valence-corrected chi connectivity index (χ4v) is 1.23. The lowest BCUT2D eigenvalue weighted by atomic mass is 10.1. The van der Waals surface area contributed by atoms with E-state index >= 15 is 0 Å². The molecule has 0 aliphatic rings. The summed E-state index contributed by atoms with van der Waals surface area (Å²) in [7, 11) is 0. The number of anilines is 1. The van der Waals surface area contributed by atoms with Gasteiger partial charge >= 0.3 is 18.2 Å². The second-order valence-electron chi connectivity index (χ2n) is 3.65. The van der Waals surface area contributed by atoms with Gasteiger partial charge in [-0.3, -0.25) is 5.32 Å². The predicted molar refractivity (Wildman–Crippen MR) is 59.2 cm³/mol. The standard InChI is InChI=1S/C11H10F3NO4/c1-6-4-7(9(16)17)2-3-8(6)15-10(18)19-5-11(12,13)14/h2-4H,5H2,1H3,(H,15,18)(H,16,17). The van der Waals surface area contributed by atoms with E-state index in [1.54, 1.807) is 0 Å². The van der Waals surface area contributed by atoms with Crippen molar-refractivity contribution in [2.75, 3.05) is 11.9 Å². The number of carboxylic acid groups (broad SMARTS) is 1. The predicted octanol–water partition coefficient (Wildman–Crippen LogP) is 2.80. The summed E-state index contributed by atoms with van der Waals surface area (Å²) in [5.74, 6) is -1.14. The lowest BCUT2D eigenvalue weighted by Crippen LogP contribution is -2.23. The first kappa shape index (κ1) is 14.8. The summed E-state index contributed by atoms with van der Waals surface area (Å²) < 4.78 is 39.4. The zero-order valence-corrected chi connectivity index (χ0v) is 9.75. The number of carbonyl (C=O) groups excluding carboxylic acids is 1. The molecule has 8 heteroatoms. The Morgan fingerprint density at radius 1 is 1.37 bits per heavy atom. The Morgan fingerprint density at radius 2 is 2.00 bits per heavy atom. The van der Waals surface area contributed by atoms with E-state index in [0.717, 1.165) is 0 Å². The fraction of sp³-hybridized carbons (Fsp3) is 0.273. The Morgan fingerprint density at radius 3 is 2.47 bits per heavy atom. The van der Waals surface area contributed by atoms with Gasteiger partial charge in [0.15, 0.2) is 6.61 Å². The van der Waals surface area contributed by atoms with Crippen LogP contribution in [-0.2, 0) is 4.74 Å². The number of carbonyl (C=O) groups is 2. The number of rotatable bonds is 3. The van der Waals surface area contributed by atoms with Crippen molar-refractivity contribution in [1.82, 2.24) is 0 Å². The summed E-state index contributed by atoms with van der Waals surface area (Å²) in [6.07, 6.45) is -5.86. The average Bonchev–Trinajstić information content (AvgIpc) is 2.28. The third-order valence-corrected chi connectivity index (χ3v) is 2.08. The van der Waals surface area contributed by atoms with Crippen LogP contribution in [0.4, 0.5) is 23.7 Å². The van der Waals surface area contributed by atoms with Crippen molar-refractivity contribution in [3.05, 3.63) is 29.3 Å². The molecule has 0 unspecified atom stereocenters. The van der Waals surface area contributed by atoms with E-state index in [1.165, 1.54) is 25.1 Å². The number of benzene rings is 1. The molecule has 0 saturated heterocycles. The molecule has 0 bridgehead atoms. The molecule has 0 aromatic heterocycles. The molecule has 0 spiro atoms. The van der Waals surface area contributed by atoms with Gasteiger partial charge < -0.3 is 9.84 Å². The molecule has 104 valence electrons. The molecule has 1 amide bonds. The molecule has 1 rings (SSSR count). The molecule has 0 heterocycles. The minimum absolute atomic E-state index is 0.00621. The van der Waals surface area contributed by atoms with E-state index in [1.807, 2.05) is 0 Å². The lowest BCUT2D eigenvalue weighted by molar-refractivity contribution is -0.159. The quantitative estimate of drug-likeness (QED) is 0.890. The molecule has 0 radical (unpaired) electrons. The zero-order valence-electron chi connectivity index (χ0n) is 9.75. The Hall–Kier alpha value is -2.25. The van der Waals surface area contributed by atoms with Crippen LogP contribution in [0.1, 0.15) is 15.9 Å². The molecule has 0 aliphatic carbocycles. The summed E-state index contributed by atoms with van der Waals surface area (Å²) in [6.45, 7) is -0.184. The second-order valence-corrected chi connectivity index (χ2v) is 3.65. The van der Waals surface area contributed by atoms with Gasteiger partial charge in [0.05, 0.1) is 5.56 Å². The fourth-order valence-electron chi connectivity index (χ4n) is 1.23. The average molecular weight is 277 g/mol. The maximum absolute atomic E-state index is 11.8. The molecule has 0 aliphatic heterocycles. The molecule has 2 N–H and O–H groups in total. The molecule has 19 heavy (non-hydrogen) atoms. The van der Waals surface area contributed by atoms with Crippen molar-refractivity contribution in [2.45, 2.75) is 13.1 Å². The SMILES string of the molecule is Cc1cc(C(=O)O)ccc1NC(=O)OCC(F)(F)F. The number of aromatic carboxylic acids is 1. The molecular formula is C11H10F3NO4. The van der Waals surface area contributed by atoms with Crippen LogP contribution in [0.2, 0.25) is 0 Å². The van der Waals surface area contributed by atoms with Crippen LogP contribution in [0, 0.1) is 6.92 Å². The van der Waals surface area contributed by atoms with Crippen LogP contribution < -0.4 is 5.32 Å². The van der Waals surface area contributed by atoms with Crippen LogP contribution in [-0.4, -0.2) is 30.0 Å². The minimum atomic E-state index is -4.60. The van der Waals surface area contributed by atoms with Crippen molar-refractivity contribution in [2.24, 2.45) is 0 Å². The molecule has 0 saturated carbocycles. The molecule has 0 atom stereocenters. The largest absolute Gasteiger partial charge is 0.478 e. The number of amides is 1. The van der Waals surface area contributed by atoms with E-state index in [9.17, 15) is 22.8 Å². The van der Waals surface area contributed by atoms with Crippen molar-refractivity contribution in [1.29, 1.82) is 0 Å². The third-order valence-electron chi connectivity index (χ3n) is 2.08. The van der Waals surface area contributed by atoms with E-state index in [-0.39, 0.29) is 11.3 Å². The van der Waals surface area contributed by atoms with Crippen LogP contribution >= 0.6 is 0 Å². The minimum Gasteiger partial charge on any atom is -0.478 e. The first-order chi connectivity index (χ1) is 8.69. The third kappa shape index (κ3) is 4.86. The first-order valence-corrected chi connectivity index (χ1v) is 5.03. The highest BCUT2D eigenvalue weighted by Gasteiger charge is 2.29. The molecular weight excluding hydrogens is 267 g/mol. The summed E-state index contributed by atoms with van der Waals surface area (Å²) in [4.78, 5) is 21.7. The van der Waals surface area contributed by atoms with Gasteiger partial charge in [-0.15, -0.1) is 0 Å². The van der Waals surface area contributed by atoms with Crippen molar-refractivity contribution >= 4 is 17.7 Å². The van der Waals surface area contributed by atoms with Crippen LogP contribution in [0.25, 0.3) is 0 Å². The van der Waals surface area contributed by atoms with Gasteiger partial charge in [0, 0.05) is 5.69 Å². The summed E-state index contributed by atoms with van der Waals surface area (Å²) in [5, 5.41) is 10.8. The summed E-state index contributed by atoms with van der Waals surface area (Å²) in [5.41, 5.74) is 0.577. The van der Waals surface area contributed by atoms with E-state index in [0.29, 0.717) is 5.56 Å². The number of hydrogen-bond acceptors (Lipinski definition) is 3. The van der Waals surface area contributed by atoms with Crippen molar-refractivity contribution in [3.63, 3.8) is 0 Å².